The Balaban J connectivity index is 2.20. The number of pyridine rings is 1. The number of nitrogens with zero attached hydrogens (tertiary/aromatic N) is 1. The van der Waals surface area contributed by atoms with Gasteiger partial charge in [-0.05, 0) is 30.5 Å². The molecule has 1 amide bonds. The molecule has 0 saturated heterocycles. The molecule has 19 heavy (non-hydrogen) atoms. The van der Waals surface area contributed by atoms with Gasteiger partial charge in [-0.25, -0.2) is 9.78 Å². The van der Waals surface area contributed by atoms with E-state index in [1.54, 1.807) is 23.6 Å². The first-order valence-electron chi connectivity index (χ1n) is 5.52. The van der Waals surface area contributed by atoms with Gasteiger partial charge in [0.05, 0.1) is 12.7 Å². The predicted molar refractivity (Wildman–Crippen MR) is 72.6 cm³/mol. The largest absolute Gasteiger partial charge is 0.465 e. The first-order valence-corrected chi connectivity index (χ1v) is 6.40. The fourth-order valence-electron chi connectivity index (χ4n) is 1.51. The van der Waals surface area contributed by atoms with E-state index in [1.165, 1.54) is 18.4 Å². The molecule has 0 unspecified atom stereocenters. The molecule has 0 aliphatic rings. The van der Waals surface area contributed by atoms with E-state index < -0.39 is 5.97 Å². The van der Waals surface area contributed by atoms with E-state index in [-0.39, 0.29) is 5.91 Å². The van der Waals surface area contributed by atoms with E-state index in [4.69, 9.17) is 0 Å². The van der Waals surface area contributed by atoms with Crippen LogP contribution in [0.15, 0.2) is 29.6 Å². The van der Waals surface area contributed by atoms with Gasteiger partial charge in [-0.2, -0.15) is 0 Å². The smallest absolute Gasteiger partial charge is 0.340 e. The Labute approximate surface area is 114 Å². The highest BCUT2D eigenvalue weighted by molar-refractivity contribution is 7.14. The van der Waals surface area contributed by atoms with Gasteiger partial charge in [-0.1, -0.05) is 6.07 Å². The summed E-state index contributed by atoms with van der Waals surface area (Å²) in [5.74, 6) is -0.829. The molecule has 0 aliphatic carbocycles. The van der Waals surface area contributed by atoms with Crippen molar-refractivity contribution in [1.29, 1.82) is 0 Å². The fraction of sp³-hybridized carbons (Fsp3) is 0.154. The minimum atomic E-state index is -0.478. The Morgan fingerprint density at radius 2 is 2.11 bits per heavy atom. The molecule has 2 aromatic heterocycles. The van der Waals surface area contributed by atoms with Crippen molar-refractivity contribution >= 4 is 28.2 Å². The standard InChI is InChI=1S/C13H12N2O3S/c1-8-4-3-5-10(14-8)11(16)15-12-9(6-7-19-12)13(17)18-2/h3-7H,1-2H3,(H,15,16). The summed E-state index contributed by atoms with van der Waals surface area (Å²) >= 11 is 1.26. The van der Waals surface area contributed by atoms with E-state index in [9.17, 15) is 9.59 Å². The second-order valence-electron chi connectivity index (χ2n) is 3.77. The van der Waals surface area contributed by atoms with Gasteiger partial charge in [0.25, 0.3) is 5.91 Å². The van der Waals surface area contributed by atoms with Crippen molar-refractivity contribution in [3.63, 3.8) is 0 Å². The van der Waals surface area contributed by atoms with Gasteiger partial charge in [0.1, 0.15) is 10.7 Å². The number of nitrogens with one attached hydrogen (secondary N) is 1. The molecule has 0 aromatic carbocycles. The minimum Gasteiger partial charge on any atom is -0.465 e. The second-order valence-corrected chi connectivity index (χ2v) is 4.69. The van der Waals surface area contributed by atoms with E-state index in [0.717, 1.165) is 5.69 Å². The van der Waals surface area contributed by atoms with Crippen LogP contribution in [-0.2, 0) is 4.74 Å². The molecule has 2 rings (SSSR count). The number of aryl methyl sites for hydroxylation is 1. The summed E-state index contributed by atoms with van der Waals surface area (Å²) in [4.78, 5) is 27.6. The van der Waals surface area contributed by atoms with Gasteiger partial charge in [-0.15, -0.1) is 11.3 Å². The van der Waals surface area contributed by atoms with E-state index >= 15 is 0 Å². The first kappa shape index (κ1) is 13.2. The summed E-state index contributed by atoms with van der Waals surface area (Å²) in [5.41, 5.74) is 1.41. The maximum atomic E-state index is 12.0. The number of hydrogen-bond donors (Lipinski definition) is 1. The summed E-state index contributed by atoms with van der Waals surface area (Å²) in [7, 11) is 1.30. The van der Waals surface area contributed by atoms with Gasteiger partial charge < -0.3 is 10.1 Å². The van der Waals surface area contributed by atoms with Crippen LogP contribution >= 0.6 is 11.3 Å². The molecule has 0 radical (unpaired) electrons. The molecule has 0 fully saturated rings. The third-order valence-corrected chi connectivity index (χ3v) is 3.25. The van der Waals surface area contributed by atoms with Crippen molar-refractivity contribution in [2.75, 3.05) is 12.4 Å². The second kappa shape index (κ2) is 5.62. The minimum absolute atomic E-state index is 0.309. The number of esters is 1. The van der Waals surface area contributed by atoms with Gasteiger partial charge in [0.15, 0.2) is 0 Å². The average molecular weight is 276 g/mol. The van der Waals surface area contributed by atoms with E-state index in [0.29, 0.717) is 16.3 Å². The molecule has 2 heterocycles. The fourth-order valence-corrected chi connectivity index (χ4v) is 2.28. The third kappa shape index (κ3) is 2.97. The molecule has 5 nitrogen and oxygen atoms in total. The lowest BCUT2D eigenvalue weighted by atomic mass is 10.3. The maximum absolute atomic E-state index is 12.0. The lowest BCUT2D eigenvalue weighted by Crippen LogP contribution is -2.15. The highest BCUT2D eigenvalue weighted by atomic mass is 32.1. The van der Waals surface area contributed by atoms with Crippen LogP contribution in [0.5, 0.6) is 0 Å². The Hall–Kier alpha value is -2.21. The van der Waals surface area contributed by atoms with Crippen LogP contribution in [0.4, 0.5) is 5.00 Å². The number of methoxy groups -OCH3 is 1. The van der Waals surface area contributed by atoms with Gasteiger partial charge in [0.2, 0.25) is 0 Å². The normalized spacial score (nSPS) is 10.0. The topological polar surface area (TPSA) is 68.3 Å². The Morgan fingerprint density at radius 3 is 2.79 bits per heavy atom. The van der Waals surface area contributed by atoms with Crippen molar-refractivity contribution in [2.24, 2.45) is 0 Å². The van der Waals surface area contributed by atoms with E-state index in [2.05, 4.69) is 15.0 Å². The molecule has 0 bridgehead atoms. The lowest BCUT2D eigenvalue weighted by Gasteiger charge is -2.05. The van der Waals surface area contributed by atoms with Gasteiger partial charge in [0, 0.05) is 5.69 Å². The number of anilines is 1. The number of thiophene rings is 1. The molecule has 0 saturated carbocycles. The van der Waals surface area contributed by atoms with Crippen molar-refractivity contribution in [3.8, 4) is 0 Å². The molecule has 6 heteroatoms. The quantitative estimate of drug-likeness (QED) is 0.874. The maximum Gasteiger partial charge on any atom is 0.340 e. The SMILES string of the molecule is COC(=O)c1ccsc1NC(=O)c1cccc(C)n1. The summed E-state index contributed by atoms with van der Waals surface area (Å²) in [6.45, 7) is 1.81. The zero-order valence-electron chi connectivity index (χ0n) is 10.5. The van der Waals surface area contributed by atoms with Crippen LogP contribution in [0.3, 0.4) is 0 Å². The molecule has 98 valence electrons. The summed E-state index contributed by atoms with van der Waals surface area (Å²) < 4.78 is 4.64. The average Bonchev–Trinajstić information content (AvgIpc) is 2.86. The third-order valence-electron chi connectivity index (χ3n) is 2.42. The van der Waals surface area contributed by atoms with Crippen molar-refractivity contribution in [3.05, 3.63) is 46.6 Å². The molecule has 0 aliphatic heterocycles. The monoisotopic (exact) mass is 276 g/mol. The Bertz CT molecular complexity index is 622. The van der Waals surface area contributed by atoms with E-state index in [1.807, 2.05) is 13.0 Å². The molecular formula is C13H12N2O3S. The highest BCUT2D eigenvalue weighted by Crippen LogP contribution is 2.24. The summed E-state index contributed by atoms with van der Waals surface area (Å²) in [6.07, 6.45) is 0. The van der Waals surface area contributed by atoms with Gasteiger partial charge in [-0.3, -0.25) is 4.79 Å². The predicted octanol–water partition coefficient (Wildman–Crippen LogP) is 2.49. The van der Waals surface area contributed by atoms with Crippen molar-refractivity contribution in [1.82, 2.24) is 4.98 Å². The van der Waals surface area contributed by atoms with Gasteiger partial charge >= 0.3 is 5.97 Å². The van der Waals surface area contributed by atoms with Crippen LogP contribution in [0.1, 0.15) is 26.5 Å². The number of hydrogen-bond acceptors (Lipinski definition) is 5. The molecule has 0 atom stereocenters. The zero-order chi connectivity index (χ0) is 13.8. The van der Waals surface area contributed by atoms with Crippen LogP contribution in [0.25, 0.3) is 0 Å². The number of aromatic nitrogens is 1. The summed E-state index contributed by atoms with van der Waals surface area (Å²) in [5, 5.41) is 4.84. The highest BCUT2D eigenvalue weighted by Gasteiger charge is 2.16. The van der Waals surface area contributed by atoms with Crippen LogP contribution in [-0.4, -0.2) is 24.0 Å². The van der Waals surface area contributed by atoms with Crippen LogP contribution in [0, 0.1) is 6.92 Å². The Kier molecular flexibility index (Phi) is 3.91. The van der Waals surface area contributed by atoms with Crippen molar-refractivity contribution < 1.29 is 14.3 Å². The number of ether oxygens (including phenoxy) is 1. The number of rotatable bonds is 3. The number of carbonyl (C=O) groups is 2. The van der Waals surface area contributed by atoms with Crippen LogP contribution < -0.4 is 5.32 Å². The zero-order valence-corrected chi connectivity index (χ0v) is 11.3. The molecule has 1 N–H and O–H groups in total. The number of carbonyl (C=O) groups excluding carboxylic acids is 2. The molecular weight excluding hydrogens is 264 g/mol. The number of amides is 1. The Morgan fingerprint density at radius 1 is 1.32 bits per heavy atom. The van der Waals surface area contributed by atoms with Crippen molar-refractivity contribution in [2.45, 2.75) is 6.92 Å². The summed E-state index contributed by atoms with van der Waals surface area (Å²) in [6, 6.07) is 6.79. The molecule has 0 spiro atoms. The molecule has 2 aromatic rings. The lowest BCUT2D eigenvalue weighted by molar-refractivity contribution is 0.0602. The van der Waals surface area contributed by atoms with Crippen LogP contribution in [0.2, 0.25) is 0 Å². The first-order chi connectivity index (χ1) is 9.11.